The molecular weight excluding hydrogens is 240 g/mol. The Morgan fingerprint density at radius 3 is 2.47 bits per heavy atom. The van der Waals surface area contributed by atoms with Crippen molar-refractivity contribution in [1.29, 1.82) is 0 Å². The van der Waals surface area contributed by atoms with Crippen LogP contribution in [-0.2, 0) is 0 Å². The normalized spacial score (nSPS) is 18.7. The van der Waals surface area contributed by atoms with E-state index in [-0.39, 0.29) is 5.41 Å². The Kier molecular flexibility index (Phi) is 4.22. The molecule has 0 saturated carbocycles. The number of likely N-dealkylation sites (tertiary alicyclic amines) is 1. The maximum Gasteiger partial charge on any atom is 0.407 e. The van der Waals surface area contributed by atoms with Gasteiger partial charge in [0.25, 0.3) is 0 Å². The smallest absolute Gasteiger partial charge is 0.407 e. The van der Waals surface area contributed by atoms with Gasteiger partial charge in [-0.3, -0.25) is 0 Å². The van der Waals surface area contributed by atoms with E-state index in [4.69, 9.17) is 10.8 Å². The van der Waals surface area contributed by atoms with E-state index >= 15 is 0 Å². The van der Waals surface area contributed by atoms with Crippen LogP contribution in [-0.4, -0.2) is 35.7 Å². The maximum atomic E-state index is 10.9. The van der Waals surface area contributed by atoms with E-state index in [0.29, 0.717) is 19.6 Å². The molecule has 1 aromatic carbocycles. The lowest BCUT2D eigenvalue weighted by Crippen LogP contribution is -2.44. The van der Waals surface area contributed by atoms with Gasteiger partial charge in [-0.15, -0.1) is 0 Å². The third kappa shape index (κ3) is 3.35. The summed E-state index contributed by atoms with van der Waals surface area (Å²) < 4.78 is 0. The predicted molar refractivity (Wildman–Crippen MR) is 75.8 cm³/mol. The van der Waals surface area contributed by atoms with Gasteiger partial charge in [0.2, 0.25) is 0 Å². The number of benzene rings is 1. The SMILES string of the molecule is NCC1(C=Cc2ccccc2)CCN(C(=O)O)CC1. The molecule has 4 nitrogen and oxygen atoms in total. The minimum atomic E-state index is -0.835. The largest absolute Gasteiger partial charge is 0.465 e. The van der Waals surface area contributed by atoms with Crippen molar-refractivity contribution in [2.45, 2.75) is 12.8 Å². The fourth-order valence-corrected chi connectivity index (χ4v) is 2.42. The number of carbonyl (C=O) groups is 1. The molecule has 2 rings (SSSR count). The molecule has 0 aliphatic carbocycles. The third-order valence-corrected chi connectivity index (χ3v) is 3.87. The van der Waals surface area contributed by atoms with Gasteiger partial charge < -0.3 is 15.7 Å². The van der Waals surface area contributed by atoms with Crippen molar-refractivity contribution in [3.8, 4) is 0 Å². The van der Waals surface area contributed by atoms with Gasteiger partial charge in [-0.25, -0.2) is 4.79 Å². The molecule has 0 aromatic heterocycles. The van der Waals surface area contributed by atoms with Crippen LogP contribution in [0.3, 0.4) is 0 Å². The van der Waals surface area contributed by atoms with Gasteiger partial charge in [0.15, 0.2) is 0 Å². The summed E-state index contributed by atoms with van der Waals surface area (Å²) >= 11 is 0. The first-order valence-corrected chi connectivity index (χ1v) is 6.57. The number of piperidine rings is 1. The number of nitrogens with zero attached hydrogens (tertiary/aromatic N) is 1. The zero-order valence-corrected chi connectivity index (χ0v) is 11.0. The van der Waals surface area contributed by atoms with E-state index in [0.717, 1.165) is 18.4 Å². The number of nitrogens with two attached hydrogens (primary N) is 1. The monoisotopic (exact) mass is 260 g/mol. The predicted octanol–water partition coefficient (Wildman–Crippen LogP) is 2.42. The van der Waals surface area contributed by atoms with E-state index in [1.54, 1.807) is 0 Å². The second-order valence-electron chi connectivity index (χ2n) is 5.08. The van der Waals surface area contributed by atoms with E-state index in [9.17, 15) is 4.79 Å². The molecule has 1 amide bonds. The summed E-state index contributed by atoms with van der Waals surface area (Å²) in [6.07, 6.45) is 4.99. The average molecular weight is 260 g/mol. The summed E-state index contributed by atoms with van der Waals surface area (Å²) in [5, 5.41) is 8.97. The molecule has 102 valence electrons. The van der Waals surface area contributed by atoms with Crippen LogP contribution in [0.5, 0.6) is 0 Å². The molecule has 19 heavy (non-hydrogen) atoms. The van der Waals surface area contributed by atoms with Gasteiger partial charge in [-0.05, 0) is 18.4 Å². The first-order chi connectivity index (χ1) is 9.15. The van der Waals surface area contributed by atoms with Crippen molar-refractivity contribution in [1.82, 2.24) is 4.90 Å². The fourth-order valence-electron chi connectivity index (χ4n) is 2.42. The van der Waals surface area contributed by atoms with E-state index in [2.05, 4.69) is 12.2 Å². The highest BCUT2D eigenvalue weighted by Gasteiger charge is 2.32. The summed E-state index contributed by atoms with van der Waals surface area (Å²) in [5.74, 6) is 0. The topological polar surface area (TPSA) is 66.6 Å². The lowest BCUT2D eigenvalue weighted by atomic mass is 9.78. The first-order valence-electron chi connectivity index (χ1n) is 6.57. The van der Waals surface area contributed by atoms with Crippen molar-refractivity contribution < 1.29 is 9.90 Å². The van der Waals surface area contributed by atoms with E-state index in [1.165, 1.54) is 4.90 Å². The van der Waals surface area contributed by atoms with Crippen molar-refractivity contribution in [2.24, 2.45) is 11.1 Å². The summed E-state index contributed by atoms with van der Waals surface area (Å²) in [6, 6.07) is 10.1. The molecular formula is C15H20N2O2. The molecule has 0 bridgehead atoms. The Bertz CT molecular complexity index is 448. The molecule has 1 aromatic rings. The Morgan fingerprint density at radius 1 is 1.32 bits per heavy atom. The Morgan fingerprint density at radius 2 is 1.95 bits per heavy atom. The van der Waals surface area contributed by atoms with Crippen molar-refractivity contribution in [3.05, 3.63) is 42.0 Å². The van der Waals surface area contributed by atoms with Crippen LogP contribution >= 0.6 is 0 Å². The highest BCUT2D eigenvalue weighted by molar-refractivity contribution is 5.65. The van der Waals surface area contributed by atoms with Gasteiger partial charge in [-0.2, -0.15) is 0 Å². The number of carboxylic acid groups (broad SMARTS) is 1. The summed E-state index contributed by atoms with van der Waals surface area (Å²) in [7, 11) is 0. The molecule has 1 aliphatic heterocycles. The van der Waals surface area contributed by atoms with Crippen LogP contribution in [0.15, 0.2) is 36.4 Å². The molecule has 0 unspecified atom stereocenters. The fraction of sp³-hybridized carbons (Fsp3) is 0.400. The lowest BCUT2D eigenvalue weighted by Gasteiger charge is -2.38. The van der Waals surface area contributed by atoms with Crippen LogP contribution in [0, 0.1) is 5.41 Å². The minimum Gasteiger partial charge on any atom is -0.465 e. The quantitative estimate of drug-likeness (QED) is 0.877. The molecule has 3 N–H and O–H groups in total. The summed E-state index contributed by atoms with van der Waals surface area (Å²) in [4.78, 5) is 12.4. The molecule has 1 fully saturated rings. The van der Waals surface area contributed by atoms with Gasteiger partial charge in [0.05, 0.1) is 0 Å². The van der Waals surface area contributed by atoms with E-state index < -0.39 is 6.09 Å². The average Bonchev–Trinajstić information content (AvgIpc) is 2.46. The maximum absolute atomic E-state index is 10.9. The third-order valence-electron chi connectivity index (χ3n) is 3.87. The summed E-state index contributed by atoms with van der Waals surface area (Å²) in [6.45, 7) is 1.68. The van der Waals surface area contributed by atoms with Crippen LogP contribution in [0.4, 0.5) is 4.79 Å². The van der Waals surface area contributed by atoms with Gasteiger partial charge in [0.1, 0.15) is 0 Å². The molecule has 1 aliphatic rings. The molecule has 1 saturated heterocycles. The van der Waals surface area contributed by atoms with Crippen molar-refractivity contribution in [3.63, 3.8) is 0 Å². The second kappa shape index (κ2) is 5.89. The molecule has 1 heterocycles. The second-order valence-corrected chi connectivity index (χ2v) is 5.08. The van der Waals surface area contributed by atoms with Crippen LogP contribution in [0.25, 0.3) is 6.08 Å². The van der Waals surface area contributed by atoms with Gasteiger partial charge >= 0.3 is 6.09 Å². The minimum absolute atomic E-state index is 0.0677. The molecule has 0 atom stereocenters. The Hall–Kier alpha value is -1.81. The van der Waals surface area contributed by atoms with Gasteiger partial charge in [0, 0.05) is 25.0 Å². The van der Waals surface area contributed by atoms with Crippen molar-refractivity contribution in [2.75, 3.05) is 19.6 Å². The zero-order chi connectivity index (χ0) is 13.7. The van der Waals surface area contributed by atoms with Crippen molar-refractivity contribution >= 4 is 12.2 Å². The van der Waals surface area contributed by atoms with Gasteiger partial charge in [-0.1, -0.05) is 42.5 Å². The summed E-state index contributed by atoms with van der Waals surface area (Å²) in [5.41, 5.74) is 6.99. The number of hydrogen-bond acceptors (Lipinski definition) is 2. The lowest BCUT2D eigenvalue weighted by molar-refractivity contribution is 0.110. The molecule has 0 spiro atoms. The Balaban J connectivity index is 2.04. The zero-order valence-electron chi connectivity index (χ0n) is 11.0. The first kappa shape index (κ1) is 13.6. The number of hydrogen-bond donors (Lipinski definition) is 2. The van der Waals surface area contributed by atoms with E-state index in [1.807, 2.05) is 30.3 Å². The van der Waals surface area contributed by atoms with Crippen LogP contribution < -0.4 is 5.73 Å². The molecule has 0 radical (unpaired) electrons. The molecule has 4 heteroatoms. The standard InChI is InChI=1S/C15H20N2O2/c16-12-15(7-6-13-4-2-1-3-5-13)8-10-17(11-9-15)14(18)19/h1-7H,8-12,16H2,(H,18,19). The van der Waals surface area contributed by atoms with Crippen LogP contribution in [0.1, 0.15) is 18.4 Å². The number of rotatable bonds is 3. The highest BCUT2D eigenvalue weighted by atomic mass is 16.4. The van der Waals surface area contributed by atoms with Crippen LogP contribution in [0.2, 0.25) is 0 Å². The number of amides is 1. The Labute approximate surface area is 113 Å². The highest BCUT2D eigenvalue weighted by Crippen LogP contribution is 2.32.